The average Bonchev–Trinajstić information content (AvgIpc) is 2.98. The van der Waals surface area contributed by atoms with Crippen molar-refractivity contribution in [2.75, 3.05) is 6.54 Å². The lowest BCUT2D eigenvalue weighted by Crippen LogP contribution is -2.50. The minimum Gasteiger partial charge on any atom is -0.444 e. The highest BCUT2D eigenvalue weighted by atomic mass is 16.6. The Morgan fingerprint density at radius 2 is 1.56 bits per heavy atom. The number of hydrogen-bond acceptors (Lipinski definition) is 3. The standard InChI is InChI=1S/C22H26N2O3/c1-22(2,3)20-23(14-17-10-6-4-7-11-17)19(25)15-24(20)21(26)27-16-18-12-8-5-9-13-18/h4-13,20H,14-16H2,1-3H3/t20-/m0/s1. The molecule has 1 aliphatic heterocycles. The van der Waals surface area contributed by atoms with Gasteiger partial charge in [-0.2, -0.15) is 0 Å². The maximum Gasteiger partial charge on any atom is 0.412 e. The van der Waals surface area contributed by atoms with E-state index < -0.39 is 6.09 Å². The van der Waals surface area contributed by atoms with Gasteiger partial charge >= 0.3 is 6.09 Å². The Morgan fingerprint density at radius 1 is 1.00 bits per heavy atom. The van der Waals surface area contributed by atoms with E-state index in [2.05, 4.69) is 0 Å². The molecular formula is C22H26N2O3. The van der Waals surface area contributed by atoms with Gasteiger partial charge in [0.2, 0.25) is 5.91 Å². The number of nitrogens with zero attached hydrogens (tertiary/aromatic N) is 2. The lowest BCUT2D eigenvalue weighted by molar-refractivity contribution is -0.130. The Balaban J connectivity index is 1.75. The van der Waals surface area contributed by atoms with Gasteiger partial charge in [0.25, 0.3) is 0 Å². The summed E-state index contributed by atoms with van der Waals surface area (Å²) in [7, 11) is 0. The Bertz CT molecular complexity index is 784. The van der Waals surface area contributed by atoms with Crippen molar-refractivity contribution in [3.05, 3.63) is 71.8 Å². The Morgan fingerprint density at radius 3 is 2.11 bits per heavy atom. The topological polar surface area (TPSA) is 49.9 Å². The average molecular weight is 366 g/mol. The molecule has 0 spiro atoms. The molecule has 0 aliphatic carbocycles. The van der Waals surface area contributed by atoms with Gasteiger partial charge in [-0.3, -0.25) is 9.69 Å². The second-order valence-corrected chi connectivity index (χ2v) is 7.92. The monoisotopic (exact) mass is 366 g/mol. The summed E-state index contributed by atoms with van der Waals surface area (Å²) in [6, 6.07) is 19.4. The van der Waals surface area contributed by atoms with E-state index in [0.29, 0.717) is 6.54 Å². The molecule has 2 amide bonds. The Labute approximate surface area is 160 Å². The maximum absolute atomic E-state index is 12.7. The zero-order chi connectivity index (χ0) is 19.4. The molecule has 27 heavy (non-hydrogen) atoms. The molecule has 1 saturated heterocycles. The number of ether oxygens (including phenoxy) is 1. The van der Waals surface area contributed by atoms with Crippen LogP contribution in [0, 0.1) is 5.41 Å². The summed E-state index contributed by atoms with van der Waals surface area (Å²) < 4.78 is 5.49. The first-order valence-electron chi connectivity index (χ1n) is 9.17. The molecule has 3 rings (SSSR count). The first kappa shape index (κ1) is 19.0. The number of carbonyl (C=O) groups is 2. The molecule has 1 atom stereocenters. The minimum absolute atomic E-state index is 0.0440. The SMILES string of the molecule is CC(C)(C)[C@H]1N(Cc2ccccc2)C(=O)CN1C(=O)OCc1ccccc1. The van der Waals surface area contributed by atoms with Crippen LogP contribution in [0.3, 0.4) is 0 Å². The molecule has 5 heteroatoms. The fourth-order valence-electron chi connectivity index (χ4n) is 3.48. The lowest BCUT2D eigenvalue weighted by Gasteiger charge is -2.38. The van der Waals surface area contributed by atoms with Gasteiger partial charge in [0.15, 0.2) is 0 Å². The molecule has 5 nitrogen and oxygen atoms in total. The zero-order valence-electron chi connectivity index (χ0n) is 16.1. The van der Waals surface area contributed by atoms with E-state index >= 15 is 0 Å². The van der Waals surface area contributed by atoms with Crippen molar-refractivity contribution < 1.29 is 14.3 Å². The molecule has 1 heterocycles. The van der Waals surface area contributed by atoms with Crippen LogP contribution in [-0.2, 0) is 22.7 Å². The number of carbonyl (C=O) groups excluding carboxylic acids is 2. The zero-order valence-corrected chi connectivity index (χ0v) is 16.1. The van der Waals surface area contributed by atoms with E-state index in [-0.39, 0.29) is 30.6 Å². The van der Waals surface area contributed by atoms with Crippen molar-refractivity contribution in [2.45, 2.75) is 40.1 Å². The van der Waals surface area contributed by atoms with E-state index in [9.17, 15) is 9.59 Å². The molecule has 0 bridgehead atoms. The van der Waals surface area contributed by atoms with Crippen LogP contribution in [0.25, 0.3) is 0 Å². The molecule has 0 saturated carbocycles. The quantitative estimate of drug-likeness (QED) is 0.820. The summed E-state index contributed by atoms with van der Waals surface area (Å²) in [4.78, 5) is 28.8. The molecule has 0 aromatic heterocycles. The van der Waals surface area contributed by atoms with Crippen LogP contribution in [0.2, 0.25) is 0 Å². The molecule has 1 fully saturated rings. The summed E-state index contributed by atoms with van der Waals surface area (Å²) >= 11 is 0. The number of amides is 2. The van der Waals surface area contributed by atoms with Crippen molar-refractivity contribution in [1.29, 1.82) is 0 Å². The fraction of sp³-hybridized carbons (Fsp3) is 0.364. The van der Waals surface area contributed by atoms with Crippen molar-refractivity contribution in [2.24, 2.45) is 5.41 Å². The van der Waals surface area contributed by atoms with Gasteiger partial charge in [0, 0.05) is 12.0 Å². The van der Waals surface area contributed by atoms with Crippen LogP contribution < -0.4 is 0 Å². The summed E-state index contributed by atoms with van der Waals surface area (Å²) in [5.41, 5.74) is 1.66. The number of hydrogen-bond donors (Lipinski definition) is 0. The van der Waals surface area contributed by atoms with Crippen molar-refractivity contribution in [3.8, 4) is 0 Å². The highest BCUT2D eigenvalue weighted by molar-refractivity contribution is 5.86. The van der Waals surface area contributed by atoms with Crippen LogP contribution in [0.1, 0.15) is 31.9 Å². The van der Waals surface area contributed by atoms with Crippen molar-refractivity contribution >= 4 is 12.0 Å². The van der Waals surface area contributed by atoms with Gasteiger partial charge in [-0.1, -0.05) is 81.4 Å². The largest absolute Gasteiger partial charge is 0.444 e. The Kier molecular flexibility index (Phi) is 5.49. The molecule has 0 unspecified atom stereocenters. The first-order valence-corrected chi connectivity index (χ1v) is 9.17. The van der Waals surface area contributed by atoms with E-state index in [1.807, 2.05) is 81.4 Å². The number of benzene rings is 2. The Hall–Kier alpha value is -2.82. The van der Waals surface area contributed by atoms with Gasteiger partial charge in [-0.25, -0.2) is 4.79 Å². The predicted molar refractivity (Wildman–Crippen MR) is 104 cm³/mol. The highest BCUT2D eigenvalue weighted by Gasteiger charge is 2.47. The molecule has 2 aromatic rings. The van der Waals surface area contributed by atoms with Gasteiger partial charge in [0.05, 0.1) is 0 Å². The van der Waals surface area contributed by atoms with E-state index in [1.54, 1.807) is 9.80 Å². The second-order valence-electron chi connectivity index (χ2n) is 7.92. The predicted octanol–water partition coefficient (Wildman–Crippen LogP) is 4.04. The van der Waals surface area contributed by atoms with E-state index in [1.165, 1.54) is 0 Å². The van der Waals surface area contributed by atoms with Crippen LogP contribution in [-0.4, -0.2) is 34.5 Å². The van der Waals surface area contributed by atoms with Crippen molar-refractivity contribution in [3.63, 3.8) is 0 Å². The van der Waals surface area contributed by atoms with Crippen LogP contribution in [0.4, 0.5) is 4.79 Å². The molecular weight excluding hydrogens is 340 g/mol. The third kappa shape index (κ3) is 4.48. The van der Waals surface area contributed by atoms with Gasteiger partial charge in [-0.15, -0.1) is 0 Å². The van der Waals surface area contributed by atoms with Crippen molar-refractivity contribution in [1.82, 2.24) is 9.80 Å². The van der Waals surface area contributed by atoms with Gasteiger partial charge in [-0.05, 0) is 11.1 Å². The minimum atomic E-state index is -0.456. The normalized spacial score (nSPS) is 17.3. The number of rotatable bonds is 4. The molecule has 2 aromatic carbocycles. The molecule has 1 aliphatic rings. The fourth-order valence-corrected chi connectivity index (χ4v) is 3.48. The smallest absolute Gasteiger partial charge is 0.412 e. The maximum atomic E-state index is 12.7. The summed E-state index contributed by atoms with van der Waals surface area (Å²) in [5, 5.41) is 0. The lowest BCUT2D eigenvalue weighted by atomic mass is 9.91. The van der Waals surface area contributed by atoms with Gasteiger partial charge in [0.1, 0.15) is 19.3 Å². The third-order valence-corrected chi connectivity index (χ3v) is 4.63. The van der Waals surface area contributed by atoms with E-state index in [0.717, 1.165) is 11.1 Å². The molecule has 0 radical (unpaired) electrons. The highest BCUT2D eigenvalue weighted by Crippen LogP contribution is 2.33. The molecule has 142 valence electrons. The van der Waals surface area contributed by atoms with E-state index in [4.69, 9.17) is 4.74 Å². The van der Waals surface area contributed by atoms with Gasteiger partial charge < -0.3 is 9.64 Å². The third-order valence-electron chi connectivity index (χ3n) is 4.63. The summed E-state index contributed by atoms with van der Waals surface area (Å²) in [6.45, 7) is 6.82. The summed E-state index contributed by atoms with van der Waals surface area (Å²) in [5.74, 6) is -0.0598. The second kappa shape index (κ2) is 7.82. The summed E-state index contributed by atoms with van der Waals surface area (Å²) in [6.07, 6.45) is -0.809. The van der Waals surface area contributed by atoms with Crippen LogP contribution in [0.5, 0.6) is 0 Å². The molecule has 0 N–H and O–H groups in total. The van der Waals surface area contributed by atoms with Crippen LogP contribution >= 0.6 is 0 Å². The van der Waals surface area contributed by atoms with Crippen LogP contribution in [0.15, 0.2) is 60.7 Å². The first-order chi connectivity index (χ1) is 12.9.